The predicted molar refractivity (Wildman–Crippen MR) is 161 cm³/mol. The Morgan fingerprint density at radius 2 is 1.70 bits per heavy atom. The number of fused-ring (bicyclic) bond motifs is 1. The standard InChI is InChI=1S/C34H47N3/c1-6-7-20-29-28(25(2)35-34(3)23-14-15-24-34)21-22-30-31(26-16-10-8-11-17-26)32(27-18-12-9-13-19-27)37(33(29)30)36(4)5/h9,12-13,18-19,21-22,26,35H,2,6-8,10-11,14-17,20,23-24H2,1,3-5H3. The van der Waals surface area contributed by atoms with E-state index in [-0.39, 0.29) is 5.54 Å². The Kier molecular flexibility index (Phi) is 7.70. The van der Waals surface area contributed by atoms with Crippen molar-refractivity contribution in [3.63, 3.8) is 0 Å². The van der Waals surface area contributed by atoms with Crippen LogP contribution in [0.25, 0.3) is 27.9 Å². The Morgan fingerprint density at radius 1 is 1.00 bits per heavy atom. The summed E-state index contributed by atoms with van der Waals surface area (Å²) in [5, 5.41) is 7.66. The first-order valence-electron chi connectivity index (χ1n) is 14.8. The van der Waals surface area contributed by atoms with Gasteiger partial charge in [0, 0.05) is 41.8 Å². The van der Waals surface area contributed by atoms with Crippen molar-refractivity contribution in [3.8, 4) is 11.3 Å². The Labute approximate surface area is 224 Å². The molecule has 0 radical (unpaired) electrons. The molecular weight excluding hydrogens is 450 g/mol. The van der Waals surface area contributed by atoms with Crippen molar-refractivity contribution in [2.24, 2.45) is 0 Å². The molecule has 2 fully saturated rings. The zero-order chi connectivity index (χ0) is 26.0. The summed E-state index contributed by atoms with van der Waals surface area (Å²) in [6.07, 6.45) is 15.2. The zero-order valence-corrected chi connectivity index (χ0v) is 23.7. The highest BCUT2D eigenvalue weighted by atomic mass is 15.5. The number of nitrogens with zero attached hydrogens (tertiary/aromatic N) is 2. The summed E-state index contributed by atoms with van der Waals surface area (Å²) in [7, 11) is 4.42. The normalized spacial score (nSPS) is 17.8. The number of aryl methyl sites for hydroxylation is 1. The molecule has 2 aromatic carbocycles. The van der Waals surface area contributed by atoms with E-state index in [1.165, 1.54) is 104 Å². The molecule has 0 saturated heterocycles. The first-order chi connectivity index (χ1) is 17.9. The van der Waals surface area contributed by atoms with Crippen molar-refractivity contribution in [3.05, 3.63) is 65.7 Å². The van der Waals surface area contributed by atoms with E-state index in [9.17, 15) is 0 Å². The maximum absolute atomic E-state index is 4.63. The minimum absolute atomic E-state index is 0.167. The van der Waals surface area contributed by atoms with Gasteiger partial charge in [0.1, 0.15) is 0 Å². The van der Waals surface area contributed by atoms with Crippen molar-refractivity contribution in [1.82, 2.24) is 9.99 Å². The van der Waals surface area contributed by atoms with Crippen LogP contribution in [0.3, 0.4) is 0 Å². The van der Waals surface area contributed by atoms with Gasteiger partial charge in [-0.05, 0) is 62.5 Å². The quantitative estimate of drug-likeness (QED) is 0.319. The van der Waals surface area contributed by atoms with E-state index in [1.807, 2.05) is 0 Å². The van der Waals surface area contributed by atoms with Gasteiger partial charge in [0.2, 0.25) is 0 Å². The third-order valence-electron chi connectivity index (χ3n) is 8.98. The van der Waals surface area contributed by atoms with E-state index in [2.05, 4.69) is 92.0 Å². The van der Waals surface area contributed by atoms with Crippen LogP contribution in [0, 0.1) is 0 Å². The van der Waals surface area contributed by atoms with Gasteiger partial charge < -0.3 is 10.3 Å². The molecule has 198 valence electrons. The molecule has 1 N–H and O–H groups in total. The van der Waals surface area contributed by atoms with Gasteiger partial charge >= 0.3 is 0 Å². The lowest BCUT2D eigenvalue weighted by atomic mass is 9.81. The van der Waals surface area contributed by atoms with E-state index < -0.39 is 0 Å². The predicted octanol–water partition coefficient (Wildman–Crippen LogP) is 8.79. The Hall–Kier alpha value is -2.68. The van der Waals surface area contributed by atoms with E-state index in [4.69, 9.17) is 0 Å². The summed E-state index contributed by atoms with van der Waals surface area (Å²) in [4.78, 5) is 0. The highest BCUT2D eigenvalue weighted by Gasteiger charge is 2.32. The fraction of sp³-hybridized carbons (Fsp3) is 0.529. The fourth-order valence-electron chi connectivity index (χ4n) is 7.13. The van der Waals surface area contributed by atoms with E-state index in [0.717, 1.165) is 12.1 Å². The fourth-order valence-corrected chi connectivity index (χ4v) is 7.13. The van der Waals surface area contributed by atoms with Crippen molar-refractivity contribution in [1.29, 1.82) is 0 Å². The average molecular weight is 498 g/mol. The van der Waals surface area contributed by atoms with Gasteiger partial charge in [0.25, 0.3) is 0 Å². The third kappa shape index (κ3) is 5.07. The second-order valence-corrected chi connectivity index (χ2v) is 12.1. The maximum Gasteiger partial charge on any atom is 0.0743 e. The van der Waals surface area contributed by atoms with Crippen molar-refractivity contribution in [2.75, 3.05) is 19.1 Å². The lowest BCUT2D eigenvalue weighted by molar-refractivity contribution is 0.424. The Balaban J connectivity index is 1.76. The number of aromatic nitrogens is 1. The molecule has 5 rings (SSSR count). The number of hydrogen-bond acceptors (Lipinski definition) is 2. The summed E-state index contributed by atoms with van der Waals surface area (Å²) in [6, 6.07) is 15.9. The van der Waals surface area contributed by atoms with Crippen LogP contribution in [-0.4, -0.2) is 24.3 Å². The van der Waals surface area contributed by atoms with Crippen molar-refractivity contribution >= 4 is 16.6 Å². The van der Waals surface area contributed by atoms with Crippen LogP contribution < -0.4 is 10.3 Å². The largest absolute Gasteiger partial charge is 0.380 e. The lowest BCUT2D eigenvalue weighted by Crippen LogP contribution is -2.38. The molecule has 1 heterocycles. The first kappa shape index (κ1) is 25.9. The van der Waals surface area contributed by atoms with Crippen LogP contribution in [0.5, 0.6) is 0 Å². The topological polar surface area (TPSA) is 20.2 Å². The summed E-state index contributed by atoms with van der Waals surface area (Å²) >= 11 is 0. The van der Waals surface area contributed by atoms with Crippen LogP contribution in [0.15, 0.2) is 49.0 Å². The molecule has 0 atom stereocenters. The summed E-state index contributed by atoms with van der Waals surface area (Å²) in [6.45, 7) is 9.31. The van der Waals surface area contributed by atoms with Gasteiger partial charge in [-0.3, -0.25) is 4.68 Å². The molecule has 3 heteroatoms. The Morgan fingerprint density at radius 3 is 2.35 bits per heavy atom. The monoisotopic (exact) mass is 497 g/mol. The molecule has 2 saturated carbocycles. The summed E-state index contributed by atoms with van der Waals surface area (Å²) in [5.74, 6) is 0.622. The molecule has 2 aliphatic carbocycles. The van der Waals surface area contributed by atoms with Crippen molar-refractivity contribution < 1.29 is 0 Å². The molecular formula is C34H47N3. The number of rotatable bonds is 9. The summed E-state index contributed by atoms with van der Waals surface area (Å²) < 4.78 is 2.54. The molecule has 0 spiro atoms. The van der Waals surface area contributed by atoms with E-state index in [0.29, 0.717) is 5.92 Å². The molecule has 3 aromatic rings. The smallest absolute Gasteiger partial charge is 0.0743 e. The van der Waals surface area contributed by atoms with Crippen LogP contribution in [0.2, 0.25) is 0 Å². The van der Waals surface area contributed by atoms with E-state index >= 15 is 0 Å². The molecule has 0 aliphatic heterocycles. The third-order valence-corrected chi connectivity index (χ3v) is 8.98. The first-order valence-corrected chi connectivity index (χ1v) is 14.8. The molecule has 2 aliphatic rings. The van der Waals surface area contributed by atoms with Gasteiger partial charge in [0.05, 0.1) is 11.2 Å². The second-order valence-electron chi connectivity index (χ2n) is 12.1. The van der Waals surface area contributed by atoms with E-state index in [1.54, 1.807) is 5.56 Å². The highest BCUT2D eigenvalue weighted by molar-refractivity contribution is 5.97. The van der Waals surface area contributed by atoms with Gasteiger partial charge in [-0.1, -0.05) is 94.5 Å². The average Bonchev–Trinajstić information content (AvgIpc) is 3.49. The number of hydrogen-bond donors (Lipinski definition) is 1. The Bertz CT molecular complexity index is 1220. The molecule has 3 nitrogen and oxygen atoms in total. The van der Waals surface area contributed by atoms with Gasteiger partial charge in [-0.2, -0.15) is 0 Å². The molecule has 0 bridgehead atoms. The lowest BCUT2D eigenvalue weighted by Gasteiger charge is -2.29. The van der Waals surface area contributed by atoms with Crippen LogP contribution in [0.1, 0.15) is 107 Å². The SMILES string of the molecule is C=C(NC1(C)CCCC1)c1ccc2c(C3CCCCC3)c(-c3ccccc3)n(N(C)C)c2c1CCCC. The molecule has 0 amide bonds. The minimum Gasteiger partial charge on any atom is -0.380 e. The minimum atomic E-state index is 0.167. The molecule has 1 aromatic heterocycles. The summed E-state index contributed by atoms with van der Waals surface area (Å²) in [5.41, 5.74) is 9.73. The van der Waals surface area contributed by atoms with Crippen LogP contribution in [-0.2, 0) is 6.42 Å². The van der Waals surface area contributed by atoms with Crippen LogP contribution >= 0.6 is 0 Å². The molecule has 0 unspecified atom stereocenters. The number of nitrogens with one attached hydrogen (secondary N) is 1. The van der Waals surface area contributed by atoms with Gasteiger partial charge in [-0.15, -0.1) is 0 Å². The van der Waals surface area contributed by atoms with Crippen LogP contribution in [0.4, 0.5) is 0 Å². The highest BCUT2D eigenvalue weighted by Crippen LogP contribution is 2.46. The number of benzene rings is 2. The van der Waals surface area contributed by atoms with Gasteiger partial charge in [0.15, 0.2) is 0 Å². The number of unbranched alkanes of at least 4 members (excludes halogenated alkanes) is 1. The molecule has 37 heavy (non-hydrogen) atoms. The zero-order valence-electron chi connectivity index (χ0n) is 23.7. The van der Waals surface area contributed by atoms with Gasteiger partial charge in [-0.25, -0.2) is 0 Å². The van der Waals surface area contributed by atoms with Crippen molar-refractivity contribution in [2.45, 2.75) is 102 Å². The second kappa shape index (κ2) is 11.0. The maximum atomic E-state index is 4.63.